The number of nitrogens with zero attached hydrogens (tertiary/aromatic N) is 3. The number of carbonyl (C=O) groups is 1. The Hall–Kier alpha value is -1.56. The van der Waals surface area contributed by atoms with Crippen LogP contribution in [-0.4, -0.2) is 41.4 Å². The Bertz CT molecular complexity index is 494. The molecule has 21 heavy (non-hydrogen) atoms. The fourth-order valence-electron chi connectivity index (χ4n) is 3.44. The molecule has 1 aromatic rings. The summed E-state index contributed by atoms with van der Waals surface area (Å²) in [6, 6.07) is 2.27. The number of amides is 1. The molecule has 6 nitrogen and oxygen atoms in total. The molecule has 1 aliphatic carbocycles. The average molecular weight is 291 g/mol. The summed E-state index contributed by atoms with van der Waals surface area (Å²) in [5, 5.41) is 7.58. The van der Waals surface area contributed by atoms with E-state index in [0.29, 0.717) is 18.3 Å². The van der Waals surface area contributed by atoms with Gasteiger partial charge in [0.15, 0.2) is 5.82 Å². The summed E-state index contributed by atoms with van der Waals surface area (Å²) in [5.41, 5.74) is 5.62. The van der Waals surface area contributed by atoms with Crippen LogP contribution in [0.2, 0.25) is 0 Å². The smallest absolute Gasteiger partial charge is 0.220 e. The van der Waals surface area contributed by atoms with Crippen LogP contribution in [0.5, 0.6) is 0 Å². The number of carbonyl (C=O) groups excluding carboxylic acids is 1. The van der Waals surface area contributed by atoms with Gasteiger partial charge in [0.1, 0.15) is 0 Å². The molecule has 3 rings (SSSR count). The minimum Gasteiger partial charge on any atom is -0.353 e. The quantitative estimate of drug-likeness (QED) is 0.828. The van der Waals surface area contributed by atoms with Crippen LogP contribution < -0.4 is 16.0 Å². The maximum absolute atomic E-state index is 12.1. The molecule has 1 aromatic heterocycles. The van der Waals surface area contributed by atoms with Gasteiger partial charge in [-0.25, -0.2) is 0 Å². The maximum atomic E-state index is 12.1. The zero-order chi connectivity index (χ0) is 14.8. The van der Waals surface area contributed by atoms with Crippen molar-refractivity contribution in [2.75, 3.05) is 24.5 Å². The van der Waals surface area contributed by atoms with E-state index in [1.54, 1.807) is 0 Å². The lowest BCUT2D eigenvalue weighted by molar-refractivity contribution is -0.123. The molecule has 0 aromatic carbocycles. The van der Waals surface area contributed by atoms with Crippen LogP contribution in [0.1, 0.15) is 25.7 Å². The van der Waals surface area contributed by atoms with E-state index in [9.17, 15) is 4.79 Å². The molecule has 6 heteroatoms. The van der Waals surface area contributed by atoms with E-state index in [2.05, 4.69) is 15.3 Å². The number of aryl methyl sites for hydroxylation is 1. The monoisotopic (exact) mass is 291 g/mol. The molecule has 3 N–H and O–H groups in total. The third-order valence-electron chi connectivity index (χ3n) is 4.72. The summed E-state index contributed by atoms with van der Waals surface area (Å²) < 4.78 is 1.81. The van der Waals surface area contributed by atoms with Gasteiger partial charge in [-0.2, -0.15) is 5.10 Å². The lowest BCUT2D eigenvalue weighted by Crippen LogP contribution is -2.40. The summed E-state index contributed by atoms with van der Waals surface area (Å²) in [6.07, 6.45) is 5.85. The van der Waals surface area contributed by atoms with Crippen molar-refractivity contribution in [3.63, 3.8) is 0 Å². The molecule has 116 valence electrons. The molecular weight excluding hydrogens is 266 g/mol. The first-order chi connectivity index (χ1) is 10.1. The van der Waals surface area contributed by atoms with Crippen molar-refractivity contribution >= 4 is 11.7 Å². The number of anilines is 1. The molecule has 1 saturated carbocycles. The largest absolute Gasteiger partial charge is 0.353 e. The summed E-state index contributed by atoms with van der Waals surface area (Å²) in [5.74, 6) is 2.39. The SMILES string of the molecule is Cn1ccc(N2CCC(NC(=O)CC3CC(CN)C3)C2)n1. The van der Waals surface area contributed by atoms with E-state index in [1.165, 1.54) is 0 Å². The molecule has 1 saturated heterocycles. The van der Waals surface area contributed by atoms with Crippen molar-refractivity contribution in [3.05, 3.63) is 12.3 Å². The van der Waals surface area contributed by atoms with Crippen molar-refractivity contribution in [2.24, 2.45) is 24.6 Å². The number of hydrogen-bond acceptors (Lipinski definition) is 4. The van der Waals surface area contributed by atoms with Gasteiger partial charge in [0.05, 0.1) is 0 Å². The fourth-order valence-corrected chi connectivity index (χ4v) is 3.44. The Balaban J connectivity index is 1.41. The standard InChI is InChI=1S/C15H25N5O/c1-19-4-3-14(18-19)20-5-2-13(10-20)17-15(21)8-11-6-12(7-11)9-16/h3-4,11-13H,2,5-10,16H2,1H3,(H,17,21). The molecule has 2 fully saturated rings. The van der Waals surface area contributed by atoms with Crippen LogP contribution in [-0.2, 0) is 11.8 Å². The highest BCUT2D eigenvalue weighted by atomic mass is 16.1. The van der Waals surface area contributed by atoms with E-state index in [1.807, 2.05) is 24.0 Å². The molecule has 0 spiro atoms. The number of nitrogens with one attached hydrogen (secondary N) is 1. The Morgan fingerprint density at radius 1 is 1.48 bits per heavy atom. The molecule has 0 bridgehead atoms. The van der Waals surface area contributed by atoms with E-state index in [-0.39, 0.29) is 11.9 Å². The topological polar surface area (TPSA) is 76.2 Å². The first kappa shape index (κ1) is 14.4. The van der Waals surface area contributed by atoms with Gasteiger partial charge in [-0.05, 0) is 37.6 Å². The highest BCUT2D eigenvalue weighted by molar-refractivity contribution is 5.76. The fraction of sp³-hybridized carbons (Fsp3) is 0.733. The number of hydrogen-bond donors (Lipinski definition) is 2. The lowest BCUT2D eigenvalue weighted by Gasteiger charge is -2.34. The second kappa shape index (κ2) is 6.05. The second-order valence-electron chi connectivity index (χ2n) is 6.49. The number of nitrogens with two attached hydrogens (primary N) is 1. The molecule has 1 atom stereocenters. The highest BCUT2D eigenvalue weighted by Gasteiger charge is 2.31. The van der Waals surface area contributed by atoms with Crippen molar-refractivity contribution < 1.29 is 4.79 Å². The van der Waals surface area contributed by atoms with Crippen LogP contribution >= 0.6 is 0 Å². The first-order valence-corrected chi connectivity index (χ1v) is 7.88. The van der Waals surface area contributed by atoms with Crippen molar-refractivity contribution in [2.45, 2.75) is 31.7 Å². The molecule has 1 amide bonds. The van der Waals surface area contributed by atoms with Gasteiger partial charge in [0, 0.05) is 44.9 Å². The second-order valence-corrected chi connectivity index (χ2v) is 6.49. The molecule has 2 heterocycles. The maximum Gasteiger partial charge on any atom is 0.220 e. The molecule has 1 unspecified atom stereocenters. The highest BCUT2D eigenvalue weighted by Crippen LogP contribution is 2.35. The zero-order valence-corrected chi connectivity index (χ0v) is 12.7. The van der Waals surface area contributed by atoms with E-state index in [0.717, 1.165) is 44.7 Å². The van der Waals surface area contributed by atoms with E-state index < -0.39 is 0 Å². The predicted molar refractivity (Wildman–Crippen MR) is 81.9 cm³/mol. The van der Waals surface area contributed by atoms with Crippen molar-refractivity contribution in [1.82, 2.24) is 15.1 Å². The van der Waals surface area contributed by atoms with Gasteiger partial charge in [0.25, 0.3) is 0 Å². The van der Waals surface area contributed by atoms with Gasteiger partial charge in [0.2, 0.25) is 5.91 Å². The molecule has 2 aliphatic rings. The van der Waals surface area contributed by atoms with Crippen LogP contribution in [0.3, 0.4) is 0 Å². The van der Waals surface area contributed by atoms with E-state index >= 15 is 0 Å². The van der Waals surface area contributed by atoms with Gasteiger partial charge < -0.3 is 16.0 Å². The number of rotatable bonds is 5. The molecular formula is C15H25N5O. The minimum atomic E-state index is 0.198. The van der Waals surface area contributed by atoms with Gasteiger partial charge >= 0.3 is 0 Å². The van der Waals surface area contributed by atoms with Crippen molar-refractivity contribution in [3.8, 4) is 0 Å². The Labute approximate surface area is 125 Å². The molecule has 0 radical (unpaired) electrons. The van der Waals surface area contributed by atoms with Gasteiger partial charge in [-0.1, -0.05) is 0 Å². The predicted octanol–water partition coefficient (Wildman–Crippen LogP) is 0.490. The van der Waals surface area contributed by atoms with E-state index in [4.69, 9.17) is 5.73 Å². The normalized spacial score (nSPS) is 28.5. The summed E-state index contributed by atoms with van der Waals surface area (Å²) in [4.78, 5) is 14.3. The minimum absolute atomic E-state index is 0.198. The average Bonchev–Trinajstić information content (AvgIpc) is 3.02. The Morgan fingerprint density at radius 3 is 2.95 bits per heavy atom. The molecule has 1 aliphatic heterocycles. The summed E-state index contributed by atoms with van der Waals surface area (Å²) >= 11 is 0. The Morgan fingerprint density at radius 2 is 2.29 bits per heavy atom. The summed E-state index contributed by atoms with van der Waals surface area (Å²) in [7, 11) is 1.92. The van der Waals surface area contributed by atoms with Crippen LogP contribution in [0.4, 0.5) is 5.82 Å². The third-order valence-corrected chi connectivity index (χ3v) is 4.72. The zero-order valence-electron chi connectivity index (χ0n) is 12.7. The summed E-state index contributed by atoms with van der Waals surface area (Å²) in [6.45, 7) is 2.58. The Kier molecular flexibility index (Phi) is 4.14. The first-order valence-electron chi connectivity index (χ1n) is 7.88. The van der Waals surface area contributed by atoms with Crippen LogP contribution in [0.15, 0.2) is 12.3 Å². The third kappa shape index (κ3) is 3.37. The van der Waals surface area contributed by atoms with Gasteiger partial charge in [-0.3, -0.25) is 9.48 Å². The number of aromatic nitrogens is 2. The lowest BCUT2D eigenvalue weighted by atomic mass is 9.73. The van der Waals surface area contributed by atoms with Crippen molar-refractivity contribution in [1.29, 1.82) is 0 Å². The van der Waals surface area contributed by atoms with Gasteiger partial charge in [-0.15, -0.1) is 0 Å². The van der Waals surface area contributed by atoms with Crippen LogP contribution in [0, 0.1) is 11.8 Å². The van der Waals surface area contributed by atoms with Crippen LogP contribution in [0.25, 0.3) is 0 Å².